The zero-order valence-electron chi connectivity index (χ0n) is 19.3. The average Bonchev–Trinajstić information content (AvgIpc) is 3.42. The lowest BCUT2D eigenvalue weighted by atomic mass is 10.2. The molecular weight excluding hydrogens is 491 g/mol. The molecule has 4 N–H and O–H groups in total. The number of anilines is 2. The van der Waals surface area contributed by atoms with Crippen molar-refractivity contribution >= 4 is 34.8 Å². The van der Waals surface area contributed by atoms with Crippen molar-refractivity contribution in [2.24, 2.45) is 4.99 Å². The zero-order valence-corrected chi connectivity index (χ0v) is 20.1. The molecule has 0 radical (unpaired) electrons. The molecule has 4 heterocycles. The first kappa shape index (κ1) is 24.0. The van der Waals surface area contributed by atoms with Crippen LogP contribution in [0.3, 0.4) is 0 Å². The molecular formula is C23H24ClFN8O3. The molecule has 1 aromatic carbocycles. The molecule has 13 heteroatoms. The number of nitrogens with one attached hydrogen (secondary N) is 3. The van der Waals surface area contributed by atoms with Gasteiger partial charge in [-0.05, 0) is 31.2 Å². The van der Waals surface area contributed by atoms with Crippen molar-refractivity contribution in [3.8, 4) is 5.88 Å². The van der Waals surface area contributed by atoms with Gasteiger partial charge in [0.15, 0.2) is 11.1 Å². The Balaban J connectivity index is 1.60. The first-order chi connectivity index (χ1) is 17.4. The van der Waals surface area contributed by atoms with Gasteiger partial charge in [-0.1, -0.05) is 11.6 Å². The Hall–Kier alpha value is -3.74. The second-order valence-electron chi connectivity index (χ2n) is 8.41. The highest BCUT2D eigenvalue weighted by Crippen LogP contribution is 2.22. The number of imidazole rings is 1. The van der Waals surface area contributed by atoms with Gasteiger partial charge in [-0.2, -0.15) is 9.61 Å². The van der Waals surface area contributed by atoms with Gasteiger partial charge in [0.25, 0.3) is 0 Å². The number of aromatic amines is 2. The van der Waals surface area contributed by atoms with Crippen molar-refractivity contribution in [1.82, 2.24) is 29.5 Å². The molecule has 0 saturated carbocycles. The lowest BCUT2D eigenvalue weighted by molar-refractivity contribution is 0.0219. The standard InChI is InChI=1S/C23H24ClFN8O3/c1-13(32-4-6-36-7-5-32)11-26-20-10-19(28-17-9-15(24)2-3-16(17)25)30-21-14(12-27-33(20)21)8-18-22(34)31-23(35)29-18/h2-3,8-10,12-13,28,34H,4-7,11H2,1H3,(H2,29,31,35)/b14-8+,26-20?. The number of nitrogens with zero attached hydrogens (tertiary/aromatic N) is 5. The number of H-pyrrole nitrogens is 2. The largest absolute Gasteiger partial charge is 0.493 e. The van der Waals surface area contributed by atoms with Gasteiger partial charge in [0.1, 0.15) is 17.3 Å². The van der Waals surface area contributed by atoms with Gasteiger partial charge in [-0.25, -0.2) is 14.2 Å². The van der Waals surface area contributed by atoms with Crippen LogP contribution in [0, 0.1) is 5.82 Å². The molecule has 11 nitrogen and oxygen atoms in total. The number of benzene rings is 1. The van der Waals surface area contributed by atoms with E-state index in [1.165, 1.54) is 24.3 Å². The predicted molar refractivity (Wildman–Crippen MR) is 132 cm³/mol. The monoisotopic (exact) mass is 514 g/mol. The fourth-order valence-corrected chi connectivity index (χ4v) is 4.15. The van der Waals surface area contributed by atoms with E-state index in [9.17, 15) is 14.3 Å². The maximum absolute atomic E-state index is 14.4. The Kier molecular flexibility index (Phi) is 6.72. The Morgan fingerprint density at radius 1 is 1.33 bits per heavy atom. The summed E-state index contributed by atoms with van der Waals surface area (Å²) in [5, 5.41) is 18.2. The Morgan fingerprint density at radius 2 is 2.14 bits per heavy atom. The lowest BCUT2D eigenvalue weighted by Crippen LogP contribution is -2.43. The molecule has 5 rings (SSSR count). The Morgan fingerprint density at radius 3 is 2.89 bits per heavy atom. The second-order valence-corrected chi connectivity index (χ2v) is 8.84. The number of rotatable bonds is 6. The second kappa shape index (κ2) is 10.1. The van der Waals surface area contributed by atoms with E-state index in [-0.39, 0.29) is 23.3 Å². The van der Waals surface area contributed by atoms with Crippen LogP contribution in [-0.2, 0) is 4.74 Å². The van der Waals surface area contributed by atoms with Crippen molar-refractivity contribution in [2.75, 3.05) is 38.2 Å². The third-order valence-electron chi connectivity index (χ3n) is 5.89. The number of hydrogen-bond donors (Lipinski definition) is 4. The summed E-state index contributed by atoms with van der Waals surface area (Å²) in [6, 6.07) is 6.03. The lowest BCUT2D eigenvalue weighted by Gasteiger charge is -2.31. The number of halogens is 2. The quantitative estimate of drug-likeness (QED) is 0.303. The number of ether oxygens (including phenoxy) is 1. The van der Waals surface area contributed by atoms with Gasteiger partial charge >= 0.3 is 5.69 Å². The Labute approximate surface area is 208 Å². The molecule has 1 fully saturated rings. The van der Waals surface area contributed by atoms with Crippen molar-refractivity contribution in [3.05, 3.63) is 68.2 Å². The number of fused-ring (bicyclic) bond motifs is 1. The molecule has 1 aliphatic heterocycles. The summed E-state index contributed by atoms with van der Waals surface area (Å²) in [5.74, 6) is -0.474. The molecule has 1 saturated heterocycles. The summed E-state index contributed by atoms with van der Waals surface area (Å²) in [5.41, 5.74) is 0.674. The summed E-state index contributed by atoms with van der Waals surface area (Å²) in [4.78, 5) is 28.0. The molecule has 0 aliphatic carbocycles. The fourth-order valence-electron chi connectivity index (χ4n) is 3.98. The predicted octanol–water partition coefficient (Wildman–Crippen LogP) is 1.16. The Bertz CT molecular complexity index is 1570. The number of hydrogen-bond acceptors (Lipinski definition) is 8. The minimum Gasteiger partial charge on any atom is -0.493 e. The van der Waals surface area contributed by atoms with E-state index >= 15 is 0 Å². The SMILES string of the molecule is CC(CN=c1cc(Nc2cc(Cl)ccc2F)nc2/c(=C/c3[nH]c(=O)[nH]c3O)cnn12)N1CCOCC1. The molecule has 3 aromatic heterocycles. The van der Waals surface area contributed by atoms with E-state index in [1.807, 2.05) is 0 Å². The van der Waals surface area contributed by atoms with Crippen LogP contribution >= 0.6 is 11.6 Å². The molecule has 4 aromatic rings. The van der Waals surface area contributed by atoms with Crippen LogP contribution in [-0.4, -0.2) is 73.5 Å². The van der Waals surface area contributed by atoms with E-state index in [0.29, 0.717) is 47.0 Å². The van der Waals surface area contributed by atoms with Crippen molar-refractivity contribution in [1.29, 1.82) is 0 Å². The molecule has 1 atom stereocenters. The summed E-state index contributed by atoms with van der Waals surface area (Å²) in [7, 11) is 0. The van der Waals surface area contributed by atoms with Crippen LogP contribution in [0.2, 0.25) is 5.02 Å². The number of aromatic hydroxyl groups is 1. The molecule has 0 bridgehead atoms. The minimum absolute atomic E-state index is 0.157. The van der Waals surface area contributed by atoms with Crippen LogP contribution in [0.1, 0.15) is 12.6 Å². The normalized spacial score (nSPS) is 16.6. The zero-order chi connectivity index (χ0) is 25.2. The maximum atomic E-state index is 14.4. The third-order valence-corrected chi connectivity index (χ3v) is 6.13. The van der Waals surface area contributed by atoms with Crippen LogP contribution < -0.4 is 21.7 Å². The topological polar surface area (TPSA) is 136 Å². The molecule has 36 heavy (non-hydrogen) atoms. The van der Waals surface area contributed by atoms with E-state index in [0.717, 1.165) is 13.1 Å². The minimum atomic E-state index is -0.547. The third kappa shape index (κ3) is 5.10. The van der Waals surface area contributed by atoms with E-state index in [2.05, 4.69) is 37.2 Å². The fraction of sp³-hybridized carbons (Fsp3) is 0.304. The highest BCUT2D eigenvalue weighted by Gasteiger charge is 2.17. The van der Waals surface area contributed by atoms with Crippen LogP contribution in [0.15, 0.2) is 40.2 Å². The summed E-state index contributed by atoms with van der Waals surface area (Å²) in [6.07, 6.45) is 3.08. The smallest absolute Gasteiger partial charge is 0.326 e. The molecule has 0 spiro atoms. The van der Waals surface area contributed by atoms with Crippen LogP contribution in [0.5, 0.6) is 5.88 Å². The van der Waals surface area contributed by atoms with Crippen molar-refractivity contribution in [2.45, 2.75) is 13.0 Å². The first-order valence-corrected chi connectivity index (χ1v) is 11.7. The van der Waals surface area contributed by atoms with E-state index < -0.39 is 11.5 Å². The van der Waals surface area contributed by atoms with Crippen LogP contribution in [0.4, 0.5) is 15.9 Å². The number of aromatic nitrogens is 5. The average molecular weight is 515 g/mol. The van der Waals surface area contributed by atoms with Gasteiger partial charge in [0, 0.05) is 35.4 Å². The maximum Gasteiger partial charge on any atom is 0.326 e. The molecule has 1 aliphatic rings. The van der Waals surface area contributed by atoms with Gasteiger partial charge in [0.05, 0.1) is 31.6 Å². The van der Waals surface area contributed by atoms with Crippen molar-refractivity contribution in [3.63, 3.8) is 0 Å². The highest BCUT2D eigenvalue weighted by molar-refractivity contribution is 6.30. The van der Waals surface area contributed by atoms with Crippen LogP contribution in [0.25, 0.3) is 11.7 Å². The first-order valence-electron chi connectivity index (χ1n) is 11.3. The molecule has 188 valence electrons. The van der Waals surface area contributed by atoms with Crippen molar-refractivity contribution < 1.29 is 14.2 Å². The molecule has 0 amide bonds. The highest BCUT2D eigenvalue weighted by atomic mass is 35.5. The molecule has 1 unspecified atom stereocenters. The van der Waals surface area contributed by atoms with Gasteiger partial charge in [0.2, 0.25) is 5.88 Å². The van der Waals surface area contributed by atoms with Gasteiger partial charge in [-0.3, -0.25) is 14.9 Å². The number of morpholine rings is 1. The van der Waals surface area contributed by atoms with Gasteiger partial charge < -0.3 is 20.1 Å². The van der Waals surface area contributed by atoms with Gasteiger partial charge in [-0.15, -0.1) is 0 Å². The summed E-state index contributed by atoms with van der Waals surface area (Å²) in [6.45, 7) is 5.64. The summed E-state index contributed by atoms with van der Waals surface area (Å²) >= 11 is 6.05. The van der Waals surface area contributed by atoms with E-state index in [1.54, 1.807) is 16.8 Å². The summed E-state index contributed by atoms with van der Waals surface area (Å²) < 4.78 is 21.4. The van der Waals surface area contributed by atoms with E-state index in [4.69, 9.17) is 21.3 Å².